The Morgan fingerprint density at radius 1 is 1.05 bits per heavy atom. The SMILES string of the molecule is CCOC(=O)c1c(NC(=O)C(=O)NN=C(C)c2ccc(OCc3ccc(Cl)cc3Cl)c(OC)c2)sc2c1CCC2. The molecule has 2 N–H and O–H groups in total. The van der Waals surface area contributed by atoms with E-state index in [2.05, 4.69) is 15.8 Å². The molecule has 2 aromatic carbocycles. The van der Waals surface area contributed by atoms with Crippen LogP contribution in [0.3, 0.4) is 0 Å². The second kappa shape index (κ2) is 13.2. The van der Waals surface area contributed by atoms with Gasteiger partial charge in [0, 0.05) is 26.0 Å². The number of anilines is 1. The van der Waals surface area contributed by atoms with Gasteiger partial charge < -0.3 is 19.5 Å². The zero-order chi connectivity index (χ0) is 28.8. The quantitative estimate of drug-likeness (QED) is 0.138. The summed E-state index contributed by atoms with van der Waals surface area (Å²) < 4.78 is 16.5. The van der Waals surface area contributed by atoms with Crippen molar-refractivity contribution in [2.75, 3.05) is 19.0 Å². The molecule has 40 heavy (non-hydrogen) atoms. The van der Waals surface area contributed by atoms with Crippen LogP contribution in [0.15, 0.2) is 41.5 Å². The van der Waals surface area contributed by atoms with Gasteiger partial charge in [-0.2, -0.15) is 5.10 Å². The van der Waals surface area contributed by atoms with Crippen molar-refractivity contribution in [3.05, 3.63) is 73.6 Å². The summed E-state index contributed by atoms with van der Waals surface area (Å²) in [5.41, 5.74) is 5.29. The van der Waals surface area contributed by atoms with Crippen LogP contribution in [0.5, 0.6) is 11.5 Å². The maximum atomic E-state index is 12.6. The Kier molecular flexibility index (Phi) is 9.67. The first kappa shape index (κ1) is 29.4. The molecular weight excluding hydrogens is 577 g/mol. The van der Waals surface area contributed by atoms with Gasteiger partial charge in [0.25, 0.3) is 0 Å². The van der Waals surface area contributed by atoms with Crippen molar-refractivity contribution >= 4 is 63.0 Å². The second-order valence-electron chi connectivity index (χ2n) is 8.76. The fourth-order valence-electron chi connectivity index (χ4n) is 4.13. The fraction of sp³-hybridized carbons (Fsp3) is 0.286. The first-order valence-corrected chi connectivity index (χ1v) is 14.0. The zero-order valence-electron chi connectivity index (χ0n) is 22.1. The lowest BCUT2D eigenvalue weighted by atomic mass is 10.1. The number of benzene rings is 2. The van der Waals surface area contributed by atoms with Crippen LogP contribution in [-0.2, 0) is 33.8 Å². The van der Waals surface area contributed by atoms with Crippen LogP contribution >= 0.6 is 34.5 Å². The summed E-state index contributed by atoms with van der Waals surface area (Å²) in [7, 11) is 1.50. The molecule has 210 valence electrons. The molecular formula is C28H27Cl2N3O6S. The van der Waals surface area contributed by atoms with Crippen molar-refractivity contribution < 1.29 is 28.6 Å². The minimum Gasteiger partial charge on any atom is -0.493 e. The monoisotopic (exact) mass is 603 g/mol. The highest BCUT2D eigenvalue weighted by Crippen LogP contribution is 2.39. The third-order valence-corrected chi connectivity index (χ3v) is 7.93. The molecule has 0 spiro atoms. The van der Waals surface area contributed by atoms with E-state index in [1.165, 1.54) is 18.4 Å². The summed E-state index contributed by atoms with van der Waals surface area (Å²) >= 11 is 13.5. The van der Waals surface area contributed by atoms with E-state index in [1.54, 1.807) is 50.2 Å². The van der Waals surface area contributed by atoms with Gasteiger partial charge in [-0.1, -0.05) is 29.3 Å². The molecule has 0 saturated heterocycles. The van der Waals surface area contributed by atoms with Gasteiger partial charge in [0.05, 0.1) is 25.0 Å². The highest BCUT2D eigenvalue weighted by atomic mass is 35.5. The molecule has 9 nitrogen and oxygen atoms in total. The van der Waals surface area contributed by atoms with Gasteiger partial charge in [-0.15, -0.1) is 11.3 Å². The first-order valence-electron chi connectivity index (χ1n) is 12.4. The largest absolute Gasteiger partial charge is 0.493 e. The molecule has 0 unspecified atom stereocenters. The number of fused-ring (bicyclic) bond motifs is 1. The van der Waals surface area contributed by atoms with Crippen LogP contribution in [0.1, 0.15) is 52.2 Å². The predicted octanol–water partition coefficient (Wildman–Crippen LogP) is 5.79. The maximum absolute atomic E-state index is 12.6. The van der Waals surface area contributed by atoms with E-state index >= 15 is 0 Å². The Morgan fingerprint density at radius 2 is 1.85 bits per heavy atom. The van der Waals surface area contributed by atoms with Crippen LogP contribution in [-0.4, -0.2) is 37.2 Å². The van der Waals surface area contributed by atoms with E-state index in [0.29, 0.717) is 43.4 Å². The van der Waals surface area contributed by atoms with Crippen LogP contribution < -0.4 is 20.2 Å². The number of rotatable bonds is 9. The van der Waals surface area contributed by atoms with E-state index < -0.39 is 17.8 Å². The number of ether oxygens (including phenoxy) is 3. The summed E-state index contributed by atoms with van der Waals surface area (Å²) in [5.74, 6) is -1.50. The lowest BCUT2D eigenvalue weighted by Gasteiger charge is -2.13. The van der Waals surface area contributed by atoms with Crippen molar-refractivity contribution in [2.45, 2.75) is 39.7 Å². The summed E-state index contributed by atoms with van der Waals surface area (Å²) in [4.78, 5) is 38.6. The van der Waals surface area contributed by atoms with Gasteiger partial charge in [-0.25, -0.2) is 10.2 Å². The normalized spacial score (nSPS) is 12.5. The summed E-state index contributed by atoms with van der Waals surface area (Å²) in [6.07, 6.45) is 2.48. The average molecular weight is 605 g/mol. The highest BCUT2D eigenvalue weighted by molar-refractivity contribution is 7.17. The number of nitrogens with one attached hydrogen (secondary N) is 2. The minimum atomic E-state index is -0.977. The van der Waals surface area contributed by atoms with Gasteiger partial charge in [0.2, 0.25) is 0 Å². The Hall–Kier alpha value is -3.60. The molecule has 1 aliphatic rings. The number of carbonyl (C=O) groups excluding carboxylic acids is 3. The van der Waals surface area contributed by atoms with Gasteiger partial charge in [0.1, 0.15) is 11.6 Å². The van der Waals surface area contributed by atoms with Crippen LogP contribution in [0, 0.1) is 0 Å². The molecule has 0 saturated carbocycles. The van der Waals surface area contributed by atoms with Crippen molar-refractivity contribution in [3.63, 3.8) is 0 Å². The molecule has 0 atom stereocenters. The van der Waals surface area contributed by atoms with Crippen LogP contribution in [0.4, 0.5) is 5.00 Å². The number of thiophene rings is 1. The summed E-state index contributed by atoms with van der Waals surface area (Å²) in [6, 6.07) is 10.3. The first-order chi connectivity index (χ1) is 19.2. The van der Waals surface area contributed by atoms with E-state index in [0.717, 1.165) is 35.3 Å². The third-order valence-electron chi connectivity index (χ3n) is 6.14. The fourth-order valence-corrected chi connectivity index (χ4v) is 5.86. The van der Waals surface area contributed by atoms with Crippen molar-refractivity contribution in [2.24, 2.45) is 5.10 Å². The maximum Gasteiger partial charge on any atom is 0.341 e. The van der Waals surface area contributed by atoms with Gasteiger partial charge in [-0.3, -0.25) is 9.59 Å². The van der Waals surface area contributed by atoms with E-state index in [4.69, 9.17) is 37.4 Å². The molecule has 0 aliphatic heterocycles. The Balaban J connectivity index is 1.40. The smallest absolute Gasteiger partial charge is 0.341 e. The molecule has 4 rings (SSSR count). The van der Waals surface area contributed by atoms with E-state index in [-0.39, 0.29) is 13.2 Å². The van der Waals surface area contributed by atoms with Gasteiger partial charge in [-0.05, 0) is 69.0 Å². The molecule has 0 bridgehead atoms. The standard InChI is InChI=1S/C28H27Cl2N3O6S/c1-4-38-28(36)24-19-6-5-7-23(19)40-27(24)31-25(34)26(35)33-32-15(2)16-9-11-21(22(12-16)37-3)39-14-17-8-10-18(29)13-20(17)30/h8-13H,4-7,14H2,1-3H3,(H,31,34)(H,33,35). The number of amides is 2. The number of carbonyl (C=O) groups is 3. The van der Waals surface area contributed by atoms with Gasteiger partial charge in [0.15, 0.2) is 11.5 Å². The molecule has 3 aromatic rings. The Morgan fingerprint density at radius 3 is 2.58 bits per heavy atom. The molecule has 1 heterocycles. The molecule has 1 aliphatic carbocycles. The van der Waals surface area contributed by atoms with E-state index in [1.807, 2.05) is 0 Å². The number of esters is 1. The van der Waals surface area contributed by atoms with Crippen LogP contribution in [0.2, 0.25) is 10.0 Å². The Bertz CT molecular complexity index is 1490. The number of hydrogen-bond acceptors (Lipinski definition) is 8. The molecule has 12 heteroatoms. The molecule has 2 amide bonds. The van der Waals surface area contributed by atoms with Crippen LogP contribution in [0.25, 0.3) is 0 Å². The van der Waals surface area contributed by atoms with Gasteiger partial charge >= 0.3 is 17.8 Å². The number of hydrogen-bond donors (Lipinski definition) is 2. The molecule has 0 radical (unpaired) electrons. The number of nitrogens with zero attached hydrogens (tertiary/aromatic N) is 1. The number of hydrazone groups is 1. The van der Waals surface area contributed by atoms with E-state index in [9.17, 15) is 14.4 Å². The summed E-state index contributed by atoms with van der Waals surface area (Å²) in [6.45, 7) is 3.79. The number of halogens is 2. The van der Waals surface area contributed by atoms with Crippen molar-refractivity contribution in [1.29, 1.82) is 0 Å². The van der Waals surface area contributed by atoms with Crippen molar-refractivity contribution in [3.8, 4) is 11.5 Å². The minimum absolute atomic E-state index is 0.203. The average Bonchev–Trinajstić information content (AvgIpc) is 3.52. The molecule has 0 fully saturated rings. The van der Waals surface area contributed by atoms with Crippen molar-refractivity contribution in [1.82, 2.24) is 5.43 Å². The number of aryl methyl sites for hydroxylation is 1. The summed E-state index contributed by atoms with van der Waals surface area (Å²) in [5, 5.41) is 7.94. The highest BCUT2D eigenvalue weighted by Gasteiger charge is 2.29. The zero-order valence-corrected chi connectivity index (χ0v) is 24.4. The topological polar surface area (TPSA) is 115 Å². The molecule has 1 aromatic heterocycles. The predicted molar refractivity (Wildman–Crippen MR) is 155 cm³/mol. The third kappa shape index (κ3) is 6.75. The lowest BCUT2D eigenvalue weighted by Crippen LogP contribution is -2.33. The second-order valence-corrected chi connectivity index (χ2v) is 10.7. The Labute approximate surface area is 245 Å². The number of methoxy groups -OCH3 is 1. The lowest BCUT2D eigenvalue weighted by molar-refractivity contribution is -0.136.